The van der Waals surface area contributed by atoms with Gasteiger partial charge >= 0.3 is 0 Å². The van der Waals surface area contributed by atoms with Gasteiger partial charge in [-0.3, -0.25) is 14.9 Å². The van der Waals surface area contributed by atoms with Gasteiger partial charge in [0.1, 0.15) is 6.61 Å². The first-order chi connectivity index (χ1) is 12.8. The van der Waals surface area contributed by atoms with Crippen LogP contribution in [0, 0.1) is 0 Å². The van der Waals surface area contributed by atoms with Crippen molar-refractivity contribution in [1.82, 2.24) is 5.32 Å². The fourth-order valence-corrected chi connectivity index (χ4v) is 2.54. The summed E-state index contributed by atoms with van der Waals surface area (Å²) in [7, 11) is 0. The van der Waals surface area contributed by atoms with Crippen molar-refractivity contribution in [3.63, 3.8) is 0 Å². The zero-order chi connectivity index (χ0) is 20.0. The van der Waals surface area contributed by atoms with Gasteiger partial charge in [0.25, 0.3) is 18.8 Å². The molecule has 0 aliphatic carbocycles. The van der Waals surface area contributed by atoms with Gasteiger partial charge in [-0.25, -0.2) is 17.6 Å². The average molecular weight is 392 g/mol. The zero-order valence-corrected chi connectivity index (χ0v) is 14.3. The second-order valence-corrected chi connectivity index (χ2v) is 5.75. The fraction of sp³-hybridized carbons (Fsp3) is 0.500. The molecule has 1 saturated heterocycles. The number of alkyl halides is 4. The molecule has 2 amide bonds. The summed E-state index contributed by atoms with van der Waals surface area (Å²) in [4.78, 5) is 25.3. The molecule has 1 fully saturated rings. The summed E-state index contributed by atoms with van der Waals surface area (Å²) in [6.07, 6.45) is -5.62. The Kier molecular flexibility index (Phi) is 7.51. The molecular formula is C16H20F4N4O3. The van der Waals surface area contributed by atoms with Crippen molar-refractivity contribution in [2.45, 2.75) is 18.9 Å². The molecule has 1 aromatic carbocycles. The summed E-state index contributed by atoms with van der Waals surface area (Å²) in [5.74, 6) is -1.17. The third-order valence-corrected chi connectivity index (χ3v) is 3.90. The zero-order valence-electron chi connectivity index (χ0n) is 14.3. The van der Waals surface area contributed by atoms with Crippen molar-refractivity contribution in [3.05, 3.63) is 23.8 Å². The van der Waals surface area contributed by atoms with Crippen molar-refractivity contribution in [2.24, 2.45) is 5.73 Å². The Hall–Kier alpha value is -2.24. The Morgan fingerprint density at radius 1 is 1.30 bits per heavy atom. The Labute approximate surface area is 152 Å². The van der Waals surface area contributed by atoms with E-state index in [1.807, 2.05) is 0 Å². The quantitative estimate of drug-likeness (QED) is 0.576. The monoisotopic (exact) mass is 392 g/mol. The van der Waals surface area contributed by atoms with Crippen LogP contribution in [-0.4, -0.2) is 57.1 Å². The number of amides is 2. The normalized spacial score (nSPS) is 16.1. The average Bonchev–Trinajstić information content (AvgIpc) is 2.62. The lowest BCUT2D eigenvalue weighted by Crippen LogP contribution is -2.47. The summed E-state index contributed by atoms with van der Waals surface area (Å²) >= 11 is 0. The number of hydrogen-bond donors (Lipinski definition) is 3. The van der Waals surface area contributed by atoms with Crippen molar-refractivity contribution in [2.75, 3.05) is 43.1 Å². The Balaban J connectivity index is 2.18. The van der Waals surface area contributed by atoms with Crippen LogP contribution in [0.1, 0.15) is 12.0 Å². The molecule has 0 unspecified atom stereocenters. The number of carbonyl (C=O) groups excluding carboxylic acids is 2. The molecule has 11 heteroatoms. The van der Waals surface area contributed by atoms with Gasteiger partial charge in [-0.2, -0.15) is 0 Å². The molecule has 1 heterocycles. The van der Waals surface area contributed by atoms with E-state index in [-0.39, 0.29) is 43.6 Å². The predicted molar refractivity (Wildman–Crippen MR) is 90.0 cm³/mol. The molecule has 1 atom stereocenters. The van der Waals surface area contributed by atoms with Crippen LogP contribution in [0.2, 0.25) is 0 Å². The van der Waals surface area contributed by atoms with Gasteiger partial charge in [-0.15, -0.1) is 0 Å². The van der Waals surface area contributed by atoms with E-state index in [4.69, 9.17) is 10.5 Å². The van der Waals surface area contributed by atoms with Gasteiger partial charge in [-0.05, 0) is 18.2 Å². The molecule has 150 valence electrons. The largest absolute Gasteiger partial charge is 0.370 e. The maximum atomic E-state index is 13.4. The van der Waals surface area contributed by atoms with Crippen LogP contribution in [0.5, 0.6) is 0 Å². The van der Waals surface area contributed by atoms with Gasteiger partial charge in [0.2, 0.25) is 5.91 Å². The van der Waals surface area contributed by atoms with Crippen LogP contribution >= 0.6 is 0 Å². The molecule has 0 aromatic heterocycles. The SMILES string of the molecule is NC[C@H](NCC(F)F)C(=O)Nc1ccc(N2CCOCC2=O)cc1C(F)F. The molecule has 1 aliphatic heterocycles. The number of nitrogens with one attached hydrogen (secondary N) is 2. The van der Waals surface area contributed by atoms with Crippen molar-refractivity contribution in [1.29, 1.82) is 0 Å². The molecule has 1 aliphatic rings. The van der Waals surface area contributed by atoms with Gasteiger partial charge in [0.15, 0.2) is 0 Å². The van der Waals surface area contributed by atoms with E-state index in [1.165, 1.54) is 17.0 Å². The van der Waals surface area contributed by atoms with Gasteiger partial charge in [0, 0.05) is 30.0 Å². The minimum atomic E-state index is -2.93. The lowest BCUT2D eigenvalue weighted by atomic mass is 10.1. The Bertz CT molecular complexity index is 675. The van der Waals surface area contributed by atoms with E-state index < -0.39 is 36.9 Å². The Morgan fingerprint density at radius 3 is 2.63 bits per heavy atom. The highest BCUT2D eigenvalue weighted by molar-refractivity contribution is 5.97. The summed E-state index contributed by atoms with van der Waals surface area (Å²) < 4.78 is 56.4. The molecular weight excluding hydrogens is 372 g/mol. The molecule has 4 N–H and O–H groups in total. The first-order valence-electron chi connectivity index (χ1n) is 8.16. The molecule has 7 nitrogen and oxygen atoms in total. The van der Waals surface area contributed by atoms with Crippen LogP contribution < -0.4 is 21.3 Å². The second-order valence-electron chi connectivity index (χ2n) is 5.75. The number of anilines is 2. The number of nitrogens with zero attached hydrogens (tertiary/aromatic N) is 1. The summed E-state index contributed by atoms with van der Waals surface area (Å²) in [5, 5.41) is 4.54. The summed E-state index contributed by atoms with van der Waals surface area (Å²) in [6.45, 7) is -0.684. The maximum absolute atomic E-state index is 13.4. The third-order valence-electron chi connectivity index (χ3n) is 3.90. The number of hydrogen-bond acceptors (Lipinski definition) is 5. The minimum Gasteiger partial charge on any atom is -0.370 e. The van der Waals surface area contributed by atoms with Gasteiger partial charge < -0.3 is 20.7 Å². The van der Waals surface area contributed by atoms with Crippen molar-refractivity contribution >= 4 is 23.2 Å². The summed E-state index contributed by atoms with van der Waals surface area (Å²) in [5.41, 5.74) is 4.95. The first kappa shape index (κ1) is 21.1. The van der Waals surface area contributed by atoms with E-state index in [0.29, 0.717) is 0 Å². The van der Waals surface area contributed by atoms with E-state index in [0.717, 1.165) is 6.07 Å². The van der Waals surface area contributed by atoms with Gasteiger partial charge in [-0.1, -0.05) is 0 Å². The van der Waals surface area contributed by atoms with Gasteiger partial charge in [0.05, 0.1) is 19.2 Å². The van der Waals surface area contributed by atoms with E-state index in [2.05, 4.69) is 10.6 Å². The van der Waals surface area contributed by atoms with E-state index in [9.17, 15) is 27.2 Å². The summed E-state index contributed by atoms with van der Waals surface area (Å²) in [6, 6.07) is 2.59. The number of nitrogens with two attached hydrogens (primary N) is 1. The number of morpholine rings is 1. The van der Waals surface area contributed by atoms with Crippen LogP contribution in [-0.2, 0) is 14.3 Å². The van der Waals surface area contributed by atoms with Crippen molar-refractivity contribution in [3.8, 4) is 0 Å². The number of rotatable bonds is 8. The molecule has 0 saturated carbocycles. The lowest BCUT2D eigenvalue weighted by Gasteiger charge is -2.27. The predicted octanol–water partition coefficient (Wildman–Crippen LogP) is 1.11. The minimum absolute atomic E-state index is 0.142. The highest BCUT2D eigenvalue weighted by atomic mass is 19.3. The van der Waals surface area contributed by atoms with Crippen LogP contribution in [0.15, 0.2) is 18.2 Å². The lowest BCUT2D eigenvalue weighted by molar-refractivity contribution is -0.125. The topological polar surface area (TPSA) is 96.7 Å². The standard InChI is InChI=1S/C16H20F4N4O3/c17-13(18)7-22-12(6-21)16(26)23-11-2-1-9(5-10(11)15(19)20)24-3-4-27-8-14(24)25/h1-2,5,12-13,15,22H,3-4,6-8,21H2,(H,23,26)/t12-/m0/s1. The molecule has 2 rings (SSSR count). The van der Waals surface area contributed by atoms with Crippen LogP contribution in [0.25, 0.3) is 0 Å². The van der Waals surface area contributed by atoms with Crippen molar-refractivity contribution < 1.29 is 31.9 Å². The third kappa shape index (κ3) is 5.62. The van der Waals surface area contributed by atoms with Crippen LogP contribution in [0.3, 0.4) is 0 Å². The Morgan fingerprint density at radius 2 is 2.04 bits per heavy atom. The maximum Gasteiger partial charge on any atom is 0.265 e. The van der Waals surface area contributed by atoms with Crippen LogP contribution in [0.4, 0.5) is 28.9 Å². The molecule has 0 spiro atoms. The highest BCUT2D eigenvalue weighted by Gasteiger charge is 2.25. The van der Waals surface area contributed by atoms with E-state index >= 15 is 0 Å². The fourth-order valence-electron chi connectivity index (χ4n) is 2.54. The molecule has 27 heavy (non-hydrogen) atoms. The first-order valence-corrected chi connectivity index (χ1v) is 8.16. The molecule has 0 radical (unpaired) electrons. The number of benzene rings is 1. The highest BCUT2D eigenvalue weighted by Crippen LogP contribution is 2.31. The molecule has 0 bridgehead atoms. The number of ether oxygens (including phenoxy) is 1. The smallest absolute Gasteiger partial charge is 0.265 e. The van der Waals surface area contributed by atoms with E-state index in [1.54, 1.807) is 0 Å². The number of carbonyl (C=O) groups is 2. The second kappa shape index (κ2) is 9.62. The molecule has 1 aromatic rings. The number of halogens is 4.